The van der Waals surface area contributed by atoms with Gasteiger partial charge in [0.2, 0.25) is 11.7 Å². The van der Waals surface area contributed by atoms with E-state index in [4.69, 9.17) is 4.74 Å². The van der Waals surface area contributed by atoms with Crippen molar-refractivity contribution in [2.24, 2.45) is 17.3 Å². The van der Waals surface area contributed by atoms with Gasteiger partial charge in [-0.05, 0) is 67.5 Å². The van der Waals surface area contributed by atoms with Gasteiger partial charge >= 0.3 is 0 Å². The van der Waals surface area contributed by atoms with E-state index in [1.54, 1.807) is 12.1 Å². The second-order valence-corrected chi connectivity index (χ2v) is 12.8. The standard InChI is InChI=1S/C34H37NO9/c1-6-44-25-10-7-17(11-19(25)15-35-32(42)33(3,4)5)21-8-9-23(37)28-22(21)13-18-12-20-14-24(38)26(16(2)36)30(40)34(20,43)31(41)27(18)29(28)39/h7-11,18,20,37-38,41,43H,6,12-15H2,1-5H3,(H,35,42)/t18-,20+,34-/m1/s1. The lowest BCUT2D eigenvalue weighted by Gasteiger charge is -2.45. The first-order valence-electron chi connectivity index (χ1n) is 14.7. The van der Waals surface area contributed by atoms with Crippen LogP contribution in [0.3, 0.4) is 0 Å². The number of Topliss-reactive ketones (excluding diaryl/α,β-unsaturated/α-hetero) is 3. The normalized spacial score (nSPS) is 23.1. The molecule has 0 saturated heterocycles. The van der Waals surface area contributed by atoms with E-state index in [-0.39, 0.29) is 48.6 Å². The van der Waals surface area contributed by atoms with Crippen LogP contribution in [0, 0.1) is 17.3 Å². The Morgan fingerprint density at radius 3 is 2.41 bits per heavy atom. The third-order valence-corrected chi connectivity index (χ3v) is 8.84. The van der Waals surface area contributed by atoms with Gasteiger partial charge in [0.05, 0.1) is 12.2 Å². The number of benzene rings is 2. The van der Waals surface area contributed by atoms with Gasteiger partial charge in [0, 0.05) is 35.4 Å². The van der Waals surface area contributed by atoms with E-state index in [2.05, 4.69) is 5.32 Å². The summed E-state index contributed by atoms with van der Waals surface area (Å²) >= 11 is 0. The summed E-state index contributed by atoms with van der Waals surface area (Å²) < 4.78 is 5.80. The molecule has 0 radical (unpaired) electrons. The minimum absolute atomic E-state index is 0.0488. The molecule has 5 N–H and O–H groups in total. The lowest BCUT2D eigenvalue weighted by molar-refractivity contribution is -0.144. The molecule has 2 aromatic carbocycles. The second kappa shape index (κ2) is 10.9. The van der Waals surface area contributed by atoms with Crippen LogP contribution in [0.4, 0.5) is 0 Å². The summed E-state index contributed by atoms with van der Waals surface area (Å²) in [5.74, 6) is -5.36. The second-order valence-electron chi connectivity index (χ2n) is 12.8. The van der Waals surface area contributed by atoms with Gasteiger partial charge in [-0.3, -0.25) is 19.2 Å². The van der Waals surface area contributed by atoms with Crippen molar-refractivity contribution in [3.05, 3.63) is 69.7 Å². The lowest BCUT2D eigenvalue weighted by atomic mass is 9.60. The van der Waals surface area contributed by atoms with Crippen LogP contribution < -0.4 is 10.1 Å². The number of fused-ring (bicyclic) bond motifs is 3. The van der Waals surface area contributed by atoms with Gasteiger partial charge in [0.15, 0.2) is 17.2 Å². The highest BCUT2D eigenvalue weighted by Gasteiger charge is 2.59. The SMILES string of the molecule is CCOc1ccc(-c2ccc(O)c3c2C[C@H]2C[C@H]4CC(O)=C(C(C)=O)C(=O)[C@@]4(O)C(O)=C2C3=O)cc1CNC(=O)C(C)(C)C. The van der Waals surface area contributed by atoms with E-state index < -0.39 is 57.3 Å². The molecule has 2 aromatic rings. The molecule has 3 aliphatic rings. The Bertz CT molecular complexity index is 1680. The zero-order chi connectivity index (χ0) is 32.3. The number of ether oxygens (including phenoxy) is 1. The number of allylic oxidation sites excluding steroid dienone is 2. The molecular formula is C34H37NO9. The maximum Gasteiger partial charge on any atom is 0.225 e. The summed E-state index contributed by atoms with van der Waals surface area (Å²) in [4.78, 5) is 51.9. The van der Waals surface area contributed by atoms with Crippen molar-refractivity contribution < 1.29 is 44.3 Å². The average Bonchev–Trinajstić information content (AvgIpc) is 2.94. The number of phenols is 1. The largest absolute Gasteiger partial charge is 0.511 e. The van der Waals surface area contributed by atoms with Crippen molar-refractivity contribution in [3.8, 4) is 22.6 Å². The molecule has 0 fully saturated rings. The van der Waals surface area contributed by atoms with E-state index in [0.717, 1.165) is 12.5 Å². The van der Waals surface area contributed by atoms with E-state index in [0.29, 0.717) is 29.0 Å². The highest BCUT2D eigenvalue weighted by atomic mass is 16.5. The molecule has 1 amide bonds. The first-order valence-corrected chi connectivity index (χ1v) is 14.7. The first kappa shape index (κ1) is 31.0. The van der Waals surface area contributed by atoms with Crippen LogP contribution in [0.5, 0.6) is 11.5 Å². The number of aliphatic hydroxyl groups excluding tert-OH is 2. The number of carbonyl (C=O) groups is 4. The molecule has 3 atom stereocenters. The predicted molar refractivity (Wildman–Crippen MR) is 160 cm³/mol. The summed E-state index contributed by atoms with van der Waals surface area (Å²) in [5, 5.41) is 47.1. The summed E-state index contributed by atoms with van der Waals surface area (Å²) in [6.07, 6.45) is 0.0459. The van der Waals surface area contributed by atoms with Crippen molar-refractivity contribution >= 4 is 23.3 Å². The number of phenolic OH excluding ortho intramolecular Hbond substituents is 1. The number of hydrogen-bond donors (Lipinski definition) is 5. The summed E-state index contributed by atoms with van der Waals surface area (Å²) in [7, 11) is 0. The summed E-state index contributed by atoms with van der Waals surface area (Å²) in [5.41, 5.74) is -1.34. The molecule has 232 valence electrons. The molecule has 10 nitrogen and oxygen atoms in total. The first-order chi connectivity index (χ1) is 20.6. The molecule has 10 heteroatoms. The van der Waals surface area contributed by atoms with Crippen molar-refractivity contribution in [2.75, 3.05) is 6.61 Å². The van der Waals surface area contributed by atoms with Crippen LogP contribution in [-0.2, 0) is 27.3 Å². The van der Waals surface area contributed by atoms with Crippen molar-refractivity contribution in [3.63, 3.8) is 0 Å². The molecule has 0 heterocycles. The number of carbonyl (C=O) groups excluding carboxylic acids is 4. The van der Waals surface area contributed by atoms with Gasteiger partial charge in [0.25, 0.3) is 0 Å². The molecule has 0 saturated carbocycles. The Morgan fingerprint density at radius 2 is 1.77 bits per heavy atom. The number of rotatable bonds is 6. The third-order valence-electron chi connectivity index (χ3n) is 8.84. The average molecular weight is 604 g/mol. The smallest absolute Gasteiger partial charge is 0.225 e. The molecule has 0 spiro atoms. The molecule has 0 bridgehead atoms. The van der Waals surface area contributed by atoms with Gasteiger partial charge in [-0.25, -0.2) is 0 Å². The van der Waals surface area contributed by atoms with Crippen molar-refractivity contribution in [2.45, 2.75) is 66.0 Å². The van der Waals surface area contributed by atoms with Gasteiger partial charge in [-0.1, -0.05) is 32.9 Å². The molecule has 0 aliphatic heterocycles. The monoisotopic (exact) mass is 603 g/mol. The molecular weight excluding hydrogens is 566 g/mol. The van der Waals surface area contributed by atoms with Gasteiger partial charge in [0.1, 0.15) is 28.6 Å². The predicted octanol–water partition coefficient (Wildman–Crippen LogP) is 4.41. The summed E-state index contributed by atoms with van der Waals surface area (Å²) in [6, 6.07) is 8.54. The summed E-state index contributed by atoms with van der Waals surface area (Å²) in [6.45, 7) is 9.00. The Morgan fingerprint density at radius 1 is 1.07 bits per heavy atom. The van der Waals surface area contributed by atoms with E-state index in [1.807, 2.05) is 39.8 Å². The lowest BCUT2D eigenvalue weighted by Crippen LogP contribution is -2.56. The Labute approximate surface area is 255 Å². The van der Waals surface area contributed by atoms with Crippen molar-refractivity contribution in [1.82, 2.24) is 5.32 Å². The zero-order valence-corrected chi connectivity index (χ0v) is 25.4. The Hall–Kier alpha value is -4.44. The van der Waals surface area contributed by atoms with Crippen LogP contribution in [-0.4, -0.2) is 55.9 Å². The van der Waals surface area contributed by atoms with E-state index in [1.165, 1.54) is 6.07 Å². The van der Waals surface area contributed by atoms with Crippen LogP contribution in [0.25, 0.3) is 11.1 Å². The quantitative estimate of drug-likeness (QED) is 0.300. The highest BCUT2D eigenvalue weighted by Crippen LogP contribution is 2.52. The van der Waals surface area contributed by atoms with Crippen LogP contribution in [0.15, 0.2) is 53.0 Å². The fraction of sp³-hybridized carbons (Fsp3) is 0.412. The zero-order valence-electron chi connectivity index (χ0n) is 25.4. The third kappa shape index (κ3) is 4.87. The fourth-order valence-corrected chi connectivity index (χ4v) is 6.62. The fourth-order valence-electron chi connectivity index (χ4n) is 6.62. The number of ketones is 3. The molecule has 0 unspecified atom stereocenters. The molecule has 0 aromatic heterocycles. The maximum atomic E-state index is 14.0. The van der Waals surface area contributed by atoms with Crippen molar-refractivity contribution in [1.29, 1.82) is 0 Å². The topological polar surface area (TPSA) is 170 Å². The van der Waals surface area contributed by atoms with Crippen LogP contribution in [0.1, 0.15) is 68.9 Å². The molecule has 5 rings (SSSR count). The Kier molecular flexibility index (Phi) is 7.70. The number of hydrogen-bond acceptors (Lipinski definition) is 9. The van der Waals surface area contributed by atoms with Gasteiger partial charge < -0.3 is 30.5 Å². The number of amides is 1. The van der Waals surface area contributed by atoms with Crippen LogP contribution in [0.2, 0.25) is 0 Å². The Balaban J connectivity index is 1.59. The molecule has 3 aliphatic carbocycles. The van der Waals surface area contributed by atoms with Gasteiger partial charge in [-0.15, -0.1) is 0 Å². The number of aliphatic hydroxyl groups is 3. The van der Waals surface area contributed by atoms with Gasteiger partial charge in [-0.2, -0.15) is 0 Å². The van der Waals surface area contributed by atoms with E-state index in [9.17, 15) is 39.6 Å². The van der Waals surface area contributed by atoms with Crippen LogP contribution >= 0.6 is 0 Å². The number of aromatic hydroxyl groups is 1. The maximum absolute atomic E-state index is 14.0. The van der Waals surface area contributed by atoms with E-state index >= 15 is 0 Å². The minimum Gasteiger partial charge on any atom is -0.511 e. The molecule has 44 heavy (non-hydrogen) atoms. The number of nitrogens with one attached hydrogen (secondary N) is 1. The highest BCUT2D eigenvalue weighted by molar-refractivity contribution is 6.25. The minimum atomic E-state index is -2.54.